The van der Waals surface area contributed by atoms with Crippen LogP contribution in [0.3, 0.4) is 0 Å². The summed E-state index contributed by atoms with van der Waals surface area (Å²) in [7, 11) is 0. The van der Waals surface area contributed by atoms with Crippen molar-refractivity contribution >= 4 is 11.9 Å². The highest BCUT2D eigenvalue weighted by molar-refractivity contribution is 5.76. The third kappa shape index (κ3) is 55.8. The van der Waals surface area contributed by atoms with Gasteiger partial charge in [0.15, 0.2) is 0 Å². The van der Waals surface area contributed by atoms with E-state index in [1.165, 1.54) is 276 Å². The first-order valence-corrected chi connectivity index (χ1v) is 31.4. The van der Waals surface area contributed by atoms with E-state index in [4.69, 9.17) is 4.74 Å². The standard InChI is InChI=1S/C63H123NO5/c1-3-5-7-9-11-13-15-16-17-18-28-31-34-37-41-45-49-53-57-63(68)69-58-54-50-46-42-38-35-32-29-26-24-22-20-19-21-23-25-27-30-33-36-40-44-48-52-56-62(67)64-60(59-65)61(66)55-51-47-43-39-14-12-10-8-6-4-2/h17-18,60-61,65-66H,3-16,19-59H2,1-2H3,(H,64,67)/b18-17-. The second-order valence-electron chi connectivity index (χ2n) is 21.7. The summed E-state index contributed by atoms with van der Waals surface area (Å²) in [5.41, 5.74) is 0. The van der Waals surface area contributed by atoms with E-state index in [9.17, 15) is 19.8 Å². The first-order valence-electron chi connectivity index (χ1n) is 31.4. The summed E-state index contributed by atoms with van der Waals surface area (Å²) in [5.74, 6) is -0.0208. The Bertz CT molecular complexity index is 1030. The van der Waals surface area contributed by atoms with Crippen molar-refractivity contribution in [3.63, 3.8) is 0 Å². The summed E-state index contributed by atoms with van der Waals surface area (Å²) in [6.07, 6.45) is 70.9. The molecule has 6 heteroatoms. The number of esters is 1. The van der Waals surface area contributed by atoms with Crippen molar-refractivity contribution in [2.24, 2.45) is 0 Å². The number of amides is 1. The minimum absolute atomic E-state index is 0.0131. The van der Waals surface area contributed by atoms with E-state index in [1.54, 1.807) is 0 Å². The van der Waals surface area contributed by atoms with E-state index in [1.807, 2.05) is 0 Å². The molecule has 69 heavy (non-hydrogen) atoms. The highest BCUT2D eigenvalue weighted by Gasteiger charge is 2.20. The Balaban J connectivity index is 3.32. The minimum atomic E-state index is -0.661. The van der Waals surface area contributed by atoms with E-state index in [2.05, 4.69) is 31.3 Å². The van der Waals surface area contributed by atoms with Crippen molar-refractivity contribution in [3.8, 4) is 0 Å². The zero-order chi connectivity index (χ0) is 50.0. The van der Waals surface area contributed by atoms with Gasteiger partial charge in [-0.2, -0.15) is 0 Å². The van der Waals surface area contributed by atoms with Crippen LogP contribution in [0.5, 0.6) is 0 Å². The average molecular weight is 975 g/mol. The minimum Gasteiger partial charge on any atom is -0.466 e. The molecule has 2 atom stereocenters. The van der Waals surface area contributed by atoms with Crippen LogP contribution in [0.1, 0.15) is 354 Å². The largest absolute Gasteiger partial charge is 0.466 e. The van der Waals surface area contributed by atoms with Gasteiger partial charge in [-0.25, -0.2) is 0 Å². The molecule has 0 rings (SSSR count). The van der Waals surface area contributed by atoms with Crippen molar-refractivity contribution in [3.05, 3.63) is 12.2 Å². The molecule has 0 radical (unpaired) electrons. The summed E-state index contributed by atoms with van der Waals surface area (Å²) < 4.78 is 5.50. The maximum atomic E-state index is 12.4. The Morgan fingerprint density at radius 2 is 0.681 bits per heavy atom. The van der Waals surface area contributed by atoms with E-state index in [-0.39, 0.29) is 18.5 Å². The van der Waals surface area contributed by atoms with Gasteiger partial charge in [0, 0.05) is 12.8 Å². The molecule has 0 aliphatic heterocycles. The fraction of sp³-hybridized carbons (Fsp3) is 0.937. The Morgan fingerprint density at radius 1 is 0.391 bits per heavy atom. The molecule has 0 saturated heterocycles. The quantitative estimate of drug-likeness (QED) is 0.0321. The monoisotopic (exact) mass is 974 g/mol. The number of aliphatic hydroxyl groups excluding tert-OH is 2. The number of hydrogen-bond donors (Lipinski definition) is 3. The molecule has 0 heterocycles. The van der Waals surface area contributed by atoms with Crippen LogP contribution in [-0.4, -0.2) is 47.4 Å². The first kappa shape index (κ1) is 67.6. The van der Waals surface area contributed by atoms with Gasteiger partial charge < -0.3 is 20.3 Å². The third-order valence-electron chi connectivity index (χ3n) is 14.8. The number of rotatable bonds is 59. The molecule has 0 spiro atoms. The maximum absolute atomic E-state index is 12.4. The lowest BCUT2D eigenvalue weighted by Gasteiger charge is -2.22. The molecule has 1 amide bonds. The SMILES string of the molecule is CCCCCCCCC/C=C\CCCCCCCCCC(=O)OCCCCCCCCCCCCCCCCCCCCCCCCCCC(=O)NC(CO)C(O)CCCCCCCCCCCC. The highest BCUT2D eigenvalue weighted by atomic mass is 16.5. The van der Waals surface area contributed by atoms with Gasteiger partial charge in [-0.05, 0) is 51.4 Å². The Kier molecular flexibility index (Phi) is 58.0. The molecule has 0 aliphatic carbocycles. The van der Waals surface area contributed by atoms with Crippen LogP contribution in [0.25, 0.3) is 0 Å². The molecule has 6 nitrogen and oxygen atoms in total. The molecule has 0 aromatic carbocycles. The van der Waals surface area contributed by atoms with Crippen LogP contribution >= 0.6 is 0 Å². The van der Waals surface area contributed by atoms with Crippen LogP contribution in [0.4, 0.5) is 0 Å². The Labute approximate surface area is 431 Å². The maximum Gasteiger partial charge on any atom is 0.305 e. The zero-order valence-electron chi connectivity index (χ0n) is 46.8. The fourth-order valence-corrected chi connectivity index (χ4v) is 9.99. The lowest BCUT2D eigenvalue weighted by atomic mass is 10.0. The van der Waals surface area contributed by atoms with Crippen LogP contribution in [-0.2, 0) is 14.3 Å². The number of hydrogen-bond acceptors (Lipinski definition) is 5. The van der Waals surface area contributed by atoms with Crippen molar-refractivity contribution < 1.29 is 24.5 Å². The number of nitrogens with one attached hydrogen (secondary N) is 1. The van der Waals surface area contributed by atoms with Gasteiger partial charge in [0.25, 0.3) is 0 Å². The topological polar surface area (TPSA) is 95.9 Å². The van der Waals surface area contributed by atoms with E-state index >= 15 is 0 Å². The Morgan fingerprint density at radius 3 is 1.03 bits per heavy atom. The van der Waals surface area contributed by atoms with Gasteiger partial charge >= 0.3 is 5.97 Å². The second-order valence-corrected chi connectivity index (χ2v) is 21.7. The molecule has 0 aromatic rings. The van der Waals surface area contributed by atoms with Gasteiger partial charge in [0.05, 0.1) is 25.4 Å². The van der Waals surface area contributed by atoms with Crippen molar-refractivity contribution in [1.82, 2.24) is 5.32 Å². The highest BCUT2D eigenvalue weighted by Crippen LogP contribution is 2.18. The lowest BCUT2D eigenvalue weighted by molar-refractivity contribution is -0.143. The van der Waals surface area contributed by atoms with Gasteiger partial charge in [-0.3, -0.25) is 9.59 Å². The molecular formula is C63H123NO5. The van der Waals surface area contributed by atoms with Crippen LogP contribution in [0, 0.1) is 0 Å². The summed E-state index contributed by atoms with van der Waals surface area (Å²) in [4.78, 5) is 24.5. The van der Waals surface area contributed by atoms with Crippen molar-refractivity contribution in [2.45, 2.75) is 366 Å². The molecule has 0 bridgehead atoms. The molecule has 3 N–H and O–H groups in total. The number of ether oxygens (including phenoxy) is 1. The summed E-state index contributed by atoms with van der Waals surface area (Å²) >= 11 is 0. The van der Waals surface area contributed by atoms with E-state index in [0.29, 0.717) is 25.9 Å². The lowest BCUT2D eigenvalue weighted by Crippen LogP contribution is -2.45. The average Bonchev–Trinajstić information content (AvgIpc) is 3.35. The normalized spacial score (nSPS) is 12.6. The third-order valence-corrected chi connectivity index (χ3v) is 14.8. The van der Waals surface area contributed by atoms with E-state index in [0.717, 1.165) is 44.9 Å². The van der Waals surface area contributed by atoms with Crippen LogP contribution < -0.4 is 5.32 Å². The summed E-state index contributed by atoms with van der Waals surface area (Å²) in [5, 5.41) is 23.2. The van der Waals surface area contributed by atoms with Crippen LogP contribution in [0.15, 0.2) is 12.2 Å². The van der Waals surface area contributed by atoms with Crippen molar-refractivity contribution in [1.29, 1.82) is 0 Å². The molecule has 410 valence electrons. The van der Waals surface area contributed by atoms with Gasteiger partial charge in [-0.15, -0.1) is 0 Å². The Hall–Kier alpha value is -1.40. The van der Waals surface area contributed by atoms with Gasteiger partial charge in [0.2, 0.25) is 5.91 Å². The number of unbranched alkanes of at least 4 members (excludes halogenated alkanes) is 46. The predicted octanol–water partition coefficient (Wildman–Crippen LogP) is 19.6. The zero-order valence-corrected chi connectivity index (χ0v) is 46.8. The summed E-state index contributed by atoms with van der Waals surface area (Å²) in [6.45, 7) is 4.96. The van der Waals surface area contributed by atoms with Crippen molar-refractivity contribution in [2.75, 3.05) is 13.2 Å². The molecular weight excluding hydrogens is 851 g/mol. The number of allylic oxidation sites excluding steroid dienone is 2. The smallest absolute Gasteiger partial charge is 0.305 e. The fourth-order valence-electron chi connectivity index (χ4n) is 9.99. The predicted molar refractivity (Wildman–Crippen MR) is 301 cm³/mol. The number of aliphatic hydroxyl groups is 2. The molecule has 2 unspecified atom stereocenters. The number of carbonyl (C=O) groups is 2. The van der Waals surface area contributed by atoms with Gasteiger partial charge in [-0.1, -0.05) is 302 Å². The molecule has 0 saturated carbocycles. The van der Waals surface area contributed by atoms with Gasteiger partial charge in [0.1, 0.15) is 0 Å². The molecule has 0 fully saturated rings. The summed E-state index contributed by atoms with van der Waals surface area (Å²) in [6, 6.07) is -0.538. The molecule has 0 aromatic heterocycles. The first-order chi connectivity index (χ1) is 34.0. The van der Waals surface area contributed by atoms with Crippen LogP contribution in [0.2, 0.25) is 0 Å². The second kappa shape index (κ2) is 59.2. The molecule has 0 aliphatic rings. The number of carbonyl (C=O) groups excluding carboxylic acids is 2. The van der Waals surface area contributed by atoms with E-state index < -0.39 is 12.1 Å².